The summed E-state index contributed by atoms with van der Waals surface area (Å²) >= 11 is 5.27. The number of anilines is 1. The first-order chi connectivity index (χ1) is 14.8. The number of thiocarbonyl (C=S) groups is 1. The summed E-state index contributed by atoms with van der Waals surface area (Å²) < 4.78 is 19.3. The molecule has 0 aliphatic heterocycles. The second-order valence-corrected chi connectivity index (χ2v) is 7.78. The zero-order valence-corrected chi connectivity index (χ0v) is 18.1. The van der Waals surface area contributed by atoms with Gasteiger partial charge < -0.3 is 9.73 Å². The Balaban J connectivity index is 1.55. The first kappa shape index (κ1) is 20.7. The molecule has 0 aliphatic rings. The molecule has 2 N–H and O–H groups in total. The van der Waals surface area contributed by atoms with E-state index in [9.17, 15) is 9.18 Å². The molecular weight excluding hydrogens is 413 g/mol. The number of nitrogens with zero attached hydrogens (tertiary/aromatic N) is 1. The molecule has 0 atom stereocenters. The molecule has 0 fully saturated rings. The lowest BCUT2D eigenvalue weighted by atomic mass is 10.1. The lowest BCUT2D eigenvalue weighted by Gasteiger charge is -2.12. The van der Waals surface area contributed by atoms with Crippen molar-refractivity contribution >= 4 is 40.0 Å². The van der Waals surface area contributed by atoms with Gasteiger partial charge in [0.2, 0.25) is 5.89 Å². The molecule has 31 heavy (non-hydrogen) atoms. The van der Waals surface area contributed by atoms with Gasteiger partial charge >= 0.3 is 0 Å². The van der Waals surface area contributed by atoms with Crippen molar-refractivity contribution in [1.82, 2.24) is 10.3 Å². The quantitative estimate of drug-likeness (QED) is 0.407. The van der Waals surface area contributed by atoms with Gasteiger partial charge in [-0.25, -0.2) is 9.37 Å². The maximum absolute atomic E-state index is 13.3. The lowest BCUT2D eigenvalue weighted by Crippen LogP contribution is -2.34. The van der Waals surface area contributed by atoms with Gasteiger partial charge in [-0.3, -0.25) is 10.1 Å². The van der Waals surface area contributed by atoms with Crippen LogP contribution in [-0.2, 0) is 0 Å². The summed E-state index contributed by atoms with van der Waals surface area (Å²) in [5.41, 5.74) is 6.41. The van der Waals surface area contributed by atoms with Crippen molar-refractivity contribution in [2.45, 2.75) is 20.8 Å². The first-order valence-corrected chi connectivity index (χ1v) is 10.1. The molecule has 0 saturated heterocycles. The topological polar surface area (TPSA) is 67.2 Å². The van der Waals surface area contributed by atoms with Crippen molar-refractivity contribution in [3.63, 3.8) is 0 Å². The second kappa shape index (κ2) is 8.28. The number of rotatable bonds is 3. The van der Waals surface area contributed by atoms with Gasteiger partial charge in [0.1, 0.15) is 11.3 Å². The summed E-state index contributed by atoms with van der Waals surface area (Å²) in [5.74, 6) is -0.480. The van der Waals surface area contributed by atoms with E-state index in [0.29, 0.717) is 11.6 Å². The summed E-state index contributed by atoms with van der Waals surface area (Å²) in [6.07, 6.45) is 0. The van der Waals surface area contributed by atoms with Crippen molar-refractivity contribution in [3.05, 3.63) is 82.7 Å². The molecule has 4 aromatic rings. The minimum Gasteiger partial charge on any atom is -0.436 e. The fourth-order valence-corrected chi connectivity index (χ4v) is 3.35. The van der Waals surface area contributed by atoms with Crippen LogP contribution in [0.3, 0.4) is 0 Å². The van der Waals surface area contributed by atoms with Crippen molar-refractivity contribution in [3.8, 4) is 11.5 Å². The molecule has 5 nitrogen and oxygen atoms in total. The molecule has 156 valence electrons. The van der Waals surface area contributed by atoms with E-state index in [4.69, 9.17) is 16.6 Å². The number of oxazole rings is 1. The van der Waals surface area contributed by atoms with Gasteiger partial charge in [0.15, 0.2) is 10.7 Å². The van der Waals surface area contributed by atoms with Crippen LogP contribution < -0.4 is 10.6 Å². The predicted octanol–water partition coefficient (Wildman–Crippen LogP) is 5.69. The third-order valence-electron chi connectivity index (χ3n) is 5.05. The molecule has 1 heterocycles. The predicted molar refractivity (Wildman–Crippen MR) is 124 cm³/mol. The number of amides is 1. The largest absolute Gasteiger partial charge is 0.436 e. The fraction of sp³-hybridized carbons (Fsp3) is 0.125. The number of carbonyl (C=O) groups is 1. The number of hydrogen-bond acceptors (Lipinski definition) is 4. The van der Waals surface area contributed by atoms with Gasteiger partial charge in [-0.05, 0) is 92.1 Å². The SMILES string of the molecule is Cc1cc2nc(-c3ccc(C)c(NC(=S)NC(=O)c4cccc(F)c4)c3)oc2cc1C. The van der Waals surface area contributed by atoms with Gasteiger partial charge in [-0.1, -0.05) is 12.1 Å². The van der Waals surface area contributed by atoms with Gasteiger partial charge in [0.05, 0.1) is 0 Å². The monoisotopic (exact) mass is 433 g/mol. The molecule has 0 bridgehead atoms. The summed E-state index contributed by atoms with van der Waals surface area (Å²) in [6.45, 7) is 5.99. The number of nitrogens with one attached hydrogen (secondary N) is 2. The van der Waals surface area contributed by atoms with Gasteiger partial charge in [-0.2, -0.15) is 0 Å². The lowest BCUT2D eigenvalue weighted by molar-refractivity contribution is 0.0977. The zero-order valence-electron chi connectivity index (χ0n) is 17.2. The number of aromatic nitrogens is 1. The Hall–Kier alpha value is -3.58. The molecule has 0 radical (unpaired) electrons. The number of halogens is 1. The average Bonchev–Trinajstić information content (AvgIpc) is 3.12. The van der Waals surface area contributed by atoms with Crippen LogP contribution in [0.1, 0.15) is 27.0 Å². The molecule has 0 unspecified atom stereocenters. The van der Waals surface area contributed by atoms with E-state index in [1.165, 1.54) is 18.2 Å². The third kappa shape index (κ3) is 4.46. The Kier molecular flexibility index (Phi) is 5.52. The number of carbonyl (C=O) groups excluding carboxylic acids is 1. The van der Waals surface area contributed by atoms with Crippen LogP contribution in [-0.4, -0.2) is 16.0 Å². The van der Waals surface area contributed by atoms with Crippen molar-refractivity contribution in [2.24, 2.45) is 0 Å². The number of hydrogen-bond donors (Lipinski definition) is 2. The van der Waals surface area contributed by atoms with Crippen LogP contribution in [0, 0.1) is 26.6 Å². The number of aryl methyl sites for hydroxylation is 3. The maximum Gasteiger partial charge on any atom is 0.257 e. The highest BCUT2D eigenvalue weighted by atomic mass is 32.1. The summed E-state index contributed by atoms with van der Waals surface area (Å²) in [5, 5.41) is 5.70. The molecule has 4 rings (SSSR count). The molecule has 1 amide bonds. The highest BCUT2D eigenvalue weighted by Gasteiger charge is 2.13. The normalized spacial score (nSPS) is 10.8. The molecule has 0 saturated carbocycles. The smallest absolute Gasteiger partial charge is 0.257 e. The van der Waals surface area contributed by atoms with E-state index in [1.54, 1.807) is 0 Å². The molecular formula is C24H20FN3O2S. The molecule has 7 heteroatoms. The van der Waals surface area contributed by atoms with Crippen molar-refractivity contribution in [1.29, 1.82) is 0 Å². The van der Waals surface area contributed by atoms with E-state index in [-0.39, 0.29) is 10.7 Å². The Morgan fingerprint density at radius 3 is 2.55 bits per heavy atom. The Bertz CT molecular complexity index is 1290. The average molecular weight is 434 g/mol. The van der Waals surface area contributed by atoms with Crippen LogP contribution in [0.5, 0.6) is 0 Å². The molecule has 0 aliphatic carbocycles. The highest BCUT2D eigenvalue weighted by Crippen LogP contribution is 2.29. The van der Waals surface area contributed by atoms with Gasteiger partial charge in [0.25, 0.3) is 5.91 Å². The number of fused-ring (bicyclic) bond motifs is 1. The van der Waals surface area contributed by atoms with E-state index >= 15 is 0 Å². The van der Waals surface area contributed by atoms with E-state index in [2.05, 4.69) is 15.6 Å². The molecule has 0 spiro atoms. The standard InChI is InChI=1S/C24H20FN3O2S/c1-13-7-8-17(23-26-20-9-14(2)15(3)10-21(20)30-23)12-19(13)27-24(31)28-22(29)16-5-4-6-18(25)11-16/h4-12H,1-3H3,(H2,27,28,29,31). The van der Waals surface area contributed by atoms with Gasteiger partial charge in [0, 0.05) is 16.8 Å². The second-order valence-electron chi connectivity index (χ2n) is 7.37. The van der Waals surface area contributed by atoms with Crippen LogP contribution in [0.15, 0.2) is 59.0 Å². The summed E-state index contributed by atoms with van der Waals surface area (Å²) in [6, 6.07) is 15.1. The minimum absolute atomic E-state index is 0.110. The van der Waals surface area contributed by atoms with Crippen molar-refractivity contribution in [2.75, 3.05) is 5.32 Å². The fourth-order valence-electron chi connectivity index (χ4n) is 3.15. The summed E-state index contributed by atoms with van der Waals surface area (Å²) in [4.78, 5) is 16.9. The van der Waals surface area contributed by atoms with Crippen LogP contribution in [0.25, 0.3) is 22.6 Å². The van der Waals surface area contributed by atoms with Crippen LogP contribution in [0.4, 0.5) is 10.1 Å². The Morgan fingerprint density at radius 2 is 1.77 bits per heavy atom. The Morgan fingerprint density at radius 1 is 1.00 bits per heavy atom. The number of benzene rings is 3. The van der Waals surface area contributed by atoms with Crippen molar-refractivity contribution < 1.29 is 13.6 Å². The van der Waals surface area contributed by atoms with Gasteiger partial charge in [-0.15, -0.1) is 0 Å². The molecule has 3 aromatic carbocycles. The maximum atomic E-state index is 13.3. The van der Waals surface area contributed by atoms with Crippen LogP contribution >= 0.6 is 12.2 Å². The highest BCUT2D eigenvalue weighted by molar-refractivity contribution is 7.80. The van der Waals surface area contributed by atoms with E-state index < -0.39 is 11.7 Å². The third-order valence-corrected chi connectivity index (χ3v) is 5.25. The minimum atomic E-state index is -0.490. The van der Waals surface area contributed by atoms with E-state index in [0.717, 1.165) is 39.4 Å². The Labute approximate surface area is 184 Å². The first-order valence-electron chi connectivity index (χ1n) is 9.67. The zero-order chi connectivity index (χ0) is 22.1. The van der Waals surface area contributed by atoms with E-state index in [1.807, 2.05) is 51.1 Å². The summed E-state index contributed by atoms with van der Waals surface area (Å²) in [7, 11) is 0. The molecule has 1 aromatic heterocycles. The van der Waals surface area contributed by atoms with Crippen LogP contribution in [0.2, 0.25) is 0 Å².